The summed E-state index contributed by atoms with van der Waals surface area (Å²) in [6.45, 7) is 6.19. The standard InChI is InChI=1S/C20H23N5O2/c1-5-15-7-9-17(21-11-15)12-25(4)20(26)22-18-10-16(8-6-13(18)2)19-24-23-14(3)27-19/h6-11H,5,12H2,1-4H3,(H,22,26). The topological polar surface area (TPSA) is 84.2 Å². The van der Waals surface area contributed by atoms with Crippen molar-refractivity contribution in [3.05, 3.63) is 59.2 Å². The summed E-state index contributed by atoms with van der Waals surface area (Å²) in [5, 5.41) is 10.8. The fraction of sp³-hybridized carbons (Fsp3) is 0.300. The normalized spacial score (nSPS) is 10.7. The summed E-state index contributed by atoms with van der Waals surface area (Å²) < 4.78 is 5.46. The predicted molar refractivity (Wildman–Crippen MR) is 103 cm³/mol. The maximum absolute atomic E-state index is 12.6. The number of amides is 2. The lowest BCUT2D eigenvalue weighted by atomic mass is 10.1. The van der Waals surface area contributed by atoms with Gasteiger partial charge in [-0.05, 0) is 42.7 Å². The number of carbonyl (C=O) groups excluding carboxylic acids is 1. The number of rotatable bonds is 5. The smallest absolute Gasteiger partial charge is 0.321 e. The molecule has 0 saturated heterocycles. The lowest BCUT2D eigenvalue weighted by Crippen LogP contribution is -2.31. The third kappa shape index (κ3) is 4.49. The van der Waals surface area contributed by atoms with E-state index in [0.717, 1.165) is 23.2 Å². The van der Waals surface area contributed by atoms with Crippen LogP contribution in [0, 0.1) is 13.8 Å². The number of aromatic nitrogens is 3. The van der Waals surface area contributed by atoms with Gasteiger partial charge in [0.1, 0.15) is 0 Å². The van der Waals surface area contributed by atoms with Gasteiger partial charge in [-0.25, -0.2) is 4.79 Å². The second-order valence-electron chi connectivity index (χ2n) is 6.45. The summed E-state index contributed by atoms with van der Waals surface area (Å²) in [6.07, 6.45) is 2.79. The molecular weight excluding hydrogens is 342 g/mol. The van der Waals surface area contributed by atoms with Crippen LogP contribution in [0.3, 0.4) is 0 Å². The van der Waals surface area contributed by atoms with Crippen molar-refractivity contribution in [1.29, 1.82) is 0 Å². The van der Waals surface area contributed by atoms with Crippen LogP contribution in [0.2, 0.25) is 0 Å². The molecule has 0 fully saturated rings. The Kier molecular flexibility index (Phi) is 5.49. The Morgan fingerprint density at radius 2 is 2.00 bits per heavy atom. The molecule has 0 aliphatic heterocycles. The Morgan fingerprint density at radius 1 is 1.19 bits per heavy atom. The molecule has 0 unspecified atom stereocenters. The van der Waals surface area contributed by atoms with Crippen LogP contribution in [0.15, 0.2) is 40.9 Å². The van der Waals surface area contributed by atoms with Gasteiger partial charge >= 0.3 is 6.03 Å². The van der Waals surface area contributed by atoms with Crippen molar-refractivity contribution >= 4 is 11.7 Å². The number of hydrogen-bond acceptors (Lipinski definition) is 5. The van der Waals surface area contributed by atoms with Crippen molar-refractivity contribution in [1.82, 2.24) is 20.1 Å². The van der Waals surface area contributed by atoms with E-state index < -0.39 is 0 Å². The van der Waals surface area contributed by atoms with Crippen molar-refractivity contribution < 1.29 is 9.21 Å². The zero-order chi connectivity index (χ0) is 19.4. The molecule has 7 heteroatoms. The van der Waals surface area contributed by atoms with Gasteiger partial charge in [0.15, 0.2) is 0 Å². The molecule has 2 aromatic heterocycles. The van der Waals surface area contributed by atoms with E-state index in [1.54, 1.807) is 18.9 Å². The monoisotopic (exact) mass is 365 g/mol. The lowest BCUT2D eigenvalue weighted by molar-refractivity contribution is 0.220. The van der Waals surface area contributed by atoms with Crippen molar-refractivity contribution in [3.8, 4) is 11.5 Å². The van der Waals surface area contributed by atoms with Crippen molar-refractivity contribution in [3.63, 3.8) is 0 Å². The molecule has 0 atom stereocenters. The van der Waals surface area contributed by atoms with Gasteiger partial charge in [0.25, 0.3) is 0 Å². The van der Waals surface area contributed by atoms with E-state index in [1.165, 1.54) is 5.56 Å². The molecule has 0 bridgehead atoms. The van der Waals surface area contributed by atoms with E-state index >= 15 is 0 Å². The minimum absolute atomic E-state index is 0.210. The first kappa shape index (κ1) is 18.6. The van der Waals surface area contributed by atoms with Gasteiger partial charge in [0.2, 0.25) is 11.8 Å². The largest absolute Gasteiger partial charge is 0.421 e. The molecule has 3 aromatic rings. The zero-order valence-electron chi connectivity index (χ0n) is 16.0. The first-order chi connectivity index (χ1) is 13.0. The summed E-state index contributed by atoms with van der Waals surface area (Å²) >= 11 is 0. The highest BCUT2D eigenvalue weighted by molar-refractivity contribution is 5.90. The minimum atomic E-state index is -0.210. The van der Waals surface area contributed by atoms with Crippen LogP contribution in [-0.2, 0) is 13.0 Å². The molecule has 0 aliphatic rings. The Morgan fingerprint density at radius 3 is 2.63 bits per heavy atom. The lowest BCUT2D eigenvalue weighted by Gasteiger charge is -2.19. The molecule has 0 radical (unpaired) electrons. The van der Waals surface area contributed by atoms with Gasteiger partial charge in [0.05, 0.1) is 12.2 Å². The Balaban J connectivity index is 1.70. The second-order valence-corrected chi connectivity index (χ2v) is 6.45. The first-order valence-corrected chi connectivity index (χ1v) is 8.83. The molecule has 2 heterocycles. The Labute approximate surface area is 158 Å². The number of nitrogens with zero attached hydrogens (tertiary/aromatic N) is 4. The van der Waals surface area contributed by atoms with E-state index in [9.17, 15) is 4.79 Å². The molecule has 0 aliphatic carbocycles. The molecular formula is C20H23N5O2. The summed E-state index contributed by atoms with van der Waals surface area (Å²) in [5.41, 5.74) is 4.43. The summed E-state index contributed by atoms with van der Waals surface area (Å²) in [4.78, 5) is 18.6. The van der Waals surface area contributed by atoms with Crippen LogP contribution in [0.5, 0.6) is 0 Å². The minimum Gasteiger partial charge on any atom is -0.421 e. The molecule has 27 heavy (non-hydrogen) atoms. The van der Waals surface area contributed by atoms with Gasteiger partial charge < -0.3 is 14.6 Å². The predicted octanol–water partition coefficient (Wildman–Crippen LogP) is 3.97. The second kappa shape index (κ2) is 7.99. The number of nitrogens with one attached hydrogen (secondary N) is 1. The number of anilines is 1. The maximum atomic E-state index is 12.6. The fourth-order valence-electron chi connectivity index (χ4n) is 2.59. The van der Waals surface area contributed by atoms with Crippen LogP contribution in [0.4, 0.5) is 10.5 Å². The third-order valence-corrected chi connectivity index (χ3v) is 4.29. The van der Waals surface area contributed by atoms with E-state index in [2.05, 4.69) is 27.4 Å². The van der Waals surface area contributed by atoms with E-state index in [-0.39, 0.29) is 6.03 Å². The van der Waals surface area contributed by atoms with Gasteiger partial charge in [-0.1, -0.05) is 19.1 Å². The number of hydrogen-bond donors (Lipinski definition) is 1. The Bertz CT molecular complexity index is 934. The molecule has 1 N–H and O–H groups in total. The molecule has 7 nitrogen and oxygen atoms in total. The average Bonchev–Trinajstić information content (AvgIpc) is 3.10. The summed E-state index contributed by atoms with van der Waals surface area (Å²) in [6, 6.07) is 9.41. The first-order valence-electron chi connectivity index (χ1n) is 8.83. The highest BCUT2D eigenvalue weighted by Crippen LogP contribution is 2.24. The summed E-state index contributed by atoms with van der Waals surface area (Å²) in [5.74, 6) is 0.925. The zero-order valence-corrected chi connectivity index (χ0v) is 16.0. The molecule has 2 amide bonds. The quantitative estimate of drug-likeness (QED) is 0.739. The van der Waals surface area contributed by atoms with Gasteiger partial charge in [-0.3, -0.25) is 4.98 Å². The van der Waals surface area contributed by atoms with Crippen LogP contribution >= 0.6 is 0 Å². The highest BCUT2D eigenvalue weighted by Gasteiger charge is 2.14. The van der Waals surface area contributed by atoms with Gasteiger partial charge in [-0.2, -0.15) is 0 Å². The van der Waals surface area contributed by atoms with Gasteiger partial charge in [-0.15, -0.1) is 10.2 Å². The summed E-state index contributed by atoms with van der Waals surface area (Å²) in [7, 11) is 1.74. The van der Waals surface area contributed by atoms with Crippen molar-refractivity contribution in [2.75, 3.05) is 12.4 Å². The van der Waals surface area contributed by atoms with Crippen LogP contribution in [0.1, 0.15) is 29.6 Å². The van der Waals surface area contributed by atoms with E-state index in [1.807, 2.05) is 43.5 Å². The molecule has 3 rings (SSSR count). The van der Waals surface area contributed by atoms with Crippen molar-refractivity contribution in [2.24, 2.45) is 0 Å². The van der Waals surface area contributed by atoms with Crippen LogP contribution in [-0.4, -0.2) is 33.2 Å². The molecule has 140 valence electrons. The molecule has 0 spiro atoms. The van der Waals surface area contributed by atoms with E-state index in [0.29, 0.717) is 24.0 Å². The number of aryl methyl sites for hydroxylation is 3. The third-order valence-electron chi connectivity index (χ3n) is 4.29. The van der Waals surface area contributed by atoms with E-state index in [4.69, 9.17) is 4.42 Å². The average molecular weight is 365 g/mol. The number of carbonyl (C=O) groups is 1. The van der Waals surface area contributed by atoms with Gasteiger partial charge in [0, 0.05) is 31.4 Å². The number of benzene rings is 1. The van der Waals surface area contributed by atoms with Crippen LogP contribution < -0.4 is 5.32 Å². The van der Waals surface area contributed by atoms with Crippen LogP contribution in [0.25, 0.3) is 11.5 Å². The molecule has 0 saturated carbocycles. The van der Waals surface area contributed by atoms with Crippen molar-refractivity contribution in [2.45, 2.75) is 33.7 Å². The molecule has 1 aromatic carbocycles. The SMILES string of the molecule is CCc1ccc(CN(C)C(=O)Nc2cc(-c3nnc(C)o3)ccc2C)nc1. The fourth-order valence-corrected chi connectivity index (χ4v) is 2.59. The maximum Gasteiger partial charge on any atom is 0.321 e. The highest BCUT2D eigenvalue weighted by atomic mass is 16.4. The number of pyridine rings is 1. The number of urea groups is 1. The Hall–Kier alpha value is -3.22.